The molecule has 0 fully saturated rings. The molecule has 2 unspecified atom stereocenters. The van der Waals surface area contributed by atoms with Gasteiger partial charge in [0.1, 0.15) is 0 Å². The van der Waals surface area contributed by atoms with E-state index in [1.165, 1.54) is 39.0 Å². The molecule has 0 radical (unpaired) electrons. The number of rotatable bonds is 7. The Morgan fingerprint density at radius 1 is 0.976 bits per heavy atom. The summed E-state index contributed by atoms with van der Waals surface area (Å²) in [6, 6.07) is 8.96. The summed E-state index contributed by atoms with van der Waals surface area (Å²) >= 11 is 0. The summed E-state index contributed by atoms with van der Waals surface area (Å²) in [5.74, 6) is 1.10. The molecule has 0 heterocycles. The molecular weight excluding hydrogens is 492 g/mol. The Bertz CT molecular complexity index is 1040. The maximum atomic E-state index is 3.98. The molecule has 0 amide bonds. The molecule has 0 nitrogen and oxygen atoms in total. The van der Waals surface area contributed by atoms with Crippen molar-refractivity contribution in [1.82, 2.24) is 0 Å². The lowest BCUT2D eigenvalue weighted by atomic mass is 9.86. The first-order valence-electron chi connectivity index (χ1n) is 16.0. The second kappa shape index (κ2) is 22.8. The highest BCUT2D eigenvalue weighted by Crippen LogP contribution is 2.42. The van der Waals surface area contributed by atoms with Crippen molar-refractivity contribution in [2.75, 3.05) is 0 Å². The van der Waals surface area contributed by atoms with Crippen molar-refractivity contribution in [3.05, 3.63) is 132 Å². The molecule has 2 atom stereocenters. The third-order valence-electron chi connectivity index (χ3n) is 6.86. The van der Waals surface area contributed by atoms with Crippen molar-refractivity contribution in [2.24, 2.45) is 11.8 Å². The standard InChI is InChI=1S/C17H20.C15H22.C5H10.2C2H6/c1-4-10-15-13(5-2)16-11-8-7-9-12-17(16)14(15)6-3;1-6-12(2)11-13-7-9-14(10-8-13)15(3,4)5;1-4-5(2)3;2*1-2/h4-5,8-12,14H,2,6-7H2,1,3H3;6-10,12H,1,11H2,2-5H3;2,4H2,1,3H3;2*1-2H3/b10-4-;;;;. The van der Waals surface area contributed by atoms with Gasteiger partial charge in [0.2, 0.25) is 0 Å². The largest absolute Gasteiger partial charge is 0.103 e. The molecule has 0 saturated heterocycles. The van der Waals surface area contributed by atoms with Crippen LogP contribution in [0.1, 0.15) is 113 Å². The summed E-state index contributed by atoms with van der Waals surface area (Å²) in [7, 11) is 0. The Kier molecular flexibility index (Phi) is 22.4. The fourth-order valence-electron chi connectivity index (χ4n) is 4.35. The maximum Gasteiger partial charge on any atom is 0.00987 e. The molecule has 0 spiro atoms. The fourth-order valence-corrected chi connectivity index (χ4v) is 4.35. The number of benzene rings is 1. The molecule has 3 rings (SSSR count). The van der Waals surface area contributed by atoms with Crippen LogP contribution in [-0.4, -0.2) is 0 Å². The van der Waals surface area contributed by atoms with Gasteiger partial charge in [0.15, 0.2) is 0 Å². The molecule has 0 aliphatic heterocycles. The van der Waals surface area contributed by atoms with Gasteiger partial charge in [-0.3, -0.25) is 0 Å². The average Bonchev–Trinajstić information content (AvgIpc) is 3.08. The summed E-state index contributed by atoms with van der Waals surface area (Å²) in [5, 5.41) is 0. The zero-order valence-electron chi connectivity index (χ0n) is 29.0. The van der Waals surface area contributed by atoms with Crippen LogP contribution in [-0.2, 0) is 11.8 Å². The van der Waals surface area contributed by atoms with Gasteiger partial charge in [0, 0.05) is 5.92 Å². The molecule has 0 heteroatoms. The van der Waals surface area contributed by atoms with E-state index in [4.69, 9.17) is 0 Å². The van der Waals surface area contributed by atoms with Crippen LogP contribution >= 0.6 is 0 Å². The first-order valence-corrected chi connectivity index (χ1v) is 16.0. The lowest BCUT2D eigenvalue weighted by Crippen LogP contribution is -2.10. The third-order valence-corrected chi connectivity index (χ3v) is 6.86. The summed E-state index contributed by atoms with van der Waals surface area (Å²) in [4.78, 5) is 0. The lowest BCUT2D eigenvalue weighted by Gasteiger charge is -2.19. The fraction of sp³-hybridized carbons (Fsp3) is 0.463. The Hall–Kier alpha value is -2.86. The molecule has 0 N–H and O–H groups in total. The number of allylic oxidation sites excluding steroid dienone is 13. The van der Waals surface area contributed by atoms with E-state index in [-0.39, 0.29) is 5.41 Å². The van der Waals surface area contributed by atoms with Crippen LogP contribution in [0.4, 0.5) is 0 Å². The first kappa shape index (κ1) is 40.3. The minimum atomic E-state index is 0.253. The minimum Gasteiger partial charge on any atom is -0.103 e. The van der Waals surface area contributed by atoms with Crippen LogP contribution in [0.3, 0.4) is 0 Å². The third kappa shape index (κ3) is 14.6. The number of hydrogen-bond acceptors (Lipinski definition) is 0. The molecule has 2 aliphatic carbocycles. The van der Waals surface area contributed by atoms with Gasteiger partial charge in [-0.05, 0) is 84.3 Å². The highest BCUT2D eigenvalue weighted by Gasteiger charge is 2.27. The van der Waals surface area contributed by atoms with Crippen molar-refractivity contribution >= 4 is 0 Å². The van der Waals surface area contributed by atoms with Gasteiger partial charge in [-0.25, -0.2) is 0 Å². The quantitative estimate of drug-likeness (QED) is 0.293. The zero-order valence-corrected chi connectivity index (χ0v) is 29.0. The van der Waals surface area contributed by atoms with Crippen molar-refractivity contribution < 1.29 is 0 Å². The van der Waals surface area contributed by atoms with E-state index in [1.807, 2.05) is 46.8 Å². The van der Waals surface area contributed by atoms with E-state index in [0.717, 1.165) is 25.7 Å². The minimum absolute atomic E-state index is 0.253. The second-order valence-corrected chi connectivity index (χ2v) is 11.1. The normalized spacial score (nSPS) is 16.0. The van der Waals surface area contributed by atoms with E-state index >= 15 is 0 Å². The average molecular weight is 557 g/mol. The molecule has 1 aromatic carbocycles. The topological polar surface area (TPSA) is 0 Å². The second-order valence-electron chi connectivity index (χ2n) is 11.1. The van der Waals surface area contributed by atoms with Gasteiger partial charge < -0.3 is 0 Å². The van der Waals surface area contributed by atoms with Crippen LogP contribution in [0.15, 0.2) is 120 Å². The molecule has 0 bridgehead atoms. The molecule has 1 aromatic rings. The Labute approximate surface area is 257 Å². The van der Waals surface area contributed by atoms with E-state index in [2.05, 4.69) is 129 Å². The van der Waals surface area contributed by atoms with Gasteiger partial charge in [-0.1, -0.05) is 154 Å². The summed E-state index contributed by atoms with van der Waals surface area (Å²) < 4.78 is 0. The van der Waals surface area contributed by atoms with Crippen LogP contribution in [0.5, 0.6) is 0 Å². The maximum absolute atomic E-state index is 3.98. The summed E-state index contributed by atoms with van der Waals surface area (Å²) in [5.41, 5.74) is 9.87. The molecule has 41 heavy (non-hydrogen) atoms. The van der Waals surface area contributed by atoms with Crippen LogP contribution in [0.25, 0.3) is 0 Å². The Morgan fingerprint density at radius 2 is 1.51 bits per heavy atom. The smallest absolute Gasteiger partial charge is 0.00987 e. The number of hydrogen-bond donors (Lipinski definition) is 0. The Morgan fingerprint density at radius 3 is 1.93 bits per heavy atom. The zero-order chi connectivity index (χ0) is 32.0. The predicted molar refractivity (Wildman–Crippen MR) is 192 cm³/mol. The predicted octanol–water partition coefficient (Wildman–Crippen LogP) is 13.3. The SMILES string of the molecule is C=C(C)CC.C=CC(C)Cc1ccc(C(C)(C)C)cc1.C=CC1=C(/C=C\C)C(CC)C2=C1C=CCC=C2.CC.CC. The van der Waals surface area contributed by atoms with Crippen molar-refractivity contribution in [1.29, 1.82) is 0 Å². The van der Waals surface area contributed by atoms with Crippen LogP contribution < -0.4 is 0 Å². The highest BCUT2D eigenvalue weighted by atomic mass is 14.3. The molecule has 0 saturated carbocycles. The van der Waals surface area contributed by atoms with Crippen LogP contribution in [0.2, 0.25) is 0 Å². The molecule has 0 aromatic heterocycles. The Balaban J connectivity index is 0. The van der Waals surface area contributed by atoms with Gasteiger partial charge >= 0.3 is 0 Å². The van der Waals surface area contributed by atoms with Crippen molar-refractivity contribution in [3.8, 4) is 0 Å². The van der Waals surface area contributed by atoms with Crippen molar-refractivity contribution in [2.45, 2.75) is 114 Å². The van der Waals surface area contributed by atoms with Gasteiger partial charge in [-0.2, -0.15) is 0 Å². The van der Waals surface area contributed by atoms with Crippen LogP contribution in [0, 0.1) is 11.8 Å². The summed E-state index contributed by atoms with van der Waals surface area (Å²) in [6.07, 6.45) is 21.8. The lowest BCUT2D eigenvalue weighted by molar-refractivity contribution is 0.589. The first-order chi connectivity index (χ1) is 19.5. The summed E-state index contributed by atoms with van der Waals surface area (Å²) in [6.45, 7) is 36.9. The monoisotopic (exact) mass is 557 g/mol. The van der Waals surface area contributed by atoms with Gasteiger partial charge in [0.05, 0.1) is 0 Å². The molecule has 228 valence electrons. The molecular formula is C41H64. The van der Waals surface area contributed by atoms with Crippen molar-refractivity contribution in [3.63, 3.8) is 0 Å². The van der Waals surface area contributed by atoms with E-state index in [0.29, 0.717) is 11.8 Å². The van der Waals surface area contributed by atoms with E-state index in [9.17, 15) is 0 Å². The molecule has 2 aliphatic rings. The van der Waals surface area contributed by atoms with E-state index in [1.54, 1.807) is 0 Å². The van der Waals surface area contributed by atoms with Gasteiger partial charge in [0.25, 0.3) is 0 Å². The highest BCUT2D eigenvalue weighted by molar-refractivity contribution is 5.64. The van der Waals surface area contributed by atoms with E-state index < -0.39 is 0 Å². The van der Waals surface area contributed by atoms with Gasteiger partial charge in [-0.15, -0.1) is 13.2 Å².